The second-order valence-corrected chi connectivity index (χ2v) is 7.09. The molecule has 1 fully saturated rings. The van der Waals surface area contributed by atoms with Crippen LogP contribution in [0.4, 0.5) is 0 Å². The summed E-state index contributed by atoms with van der Waals surface area (Å²) in [4.78, 5) is 2.43. The second kappa shape index (κ2) is 16.5. The first-order valence-electron chi connectivity index (χ1n) is 10.4. The molecule has 2 nitrogen and oxygen atoms in total. The quantitative estimate of drug-likeness (QED) is 0.244. The fourth-order valence-electron chi connectivity index (χ4n) is 3.21. The largest absolute Gasteiger partial charge is 0.365 e. The molecule has 0 aromatic heterocycles. The molecule has 136 valence electrons. The van der Waals surface area contributed by atoms with Crippen molar-refractivity contribution in [3.63, 3.8) is 0 Å². The van der Waals surface area contributed by atoms with Gasteiger partial charge in [0.05, 0.1) is 13.3 Å². The molecule has 0 atom stereocenters. The van der Waals surface area contributed by atoms with Crippen LogP contribution in [0.2, 0.25) is 0 Å². The molecule has 0 aromatic carbocycles. The fraction of sp³-hybridized carbons (Fsp3) is 0.905. The number of hydrogen-bond acceptors (Lipinski definition) is 2. The van der Waals surface area contributed by atoms with Crippen LogP contribution in [0.3, 0.4) is 0 Å². The Balaban J connectivity index is 1.69. The number of unbranched alkanes of at least 4 members (excludes halogenated alkanes) is 12. The minimum atomic E-state index is 0.866. The Kier molecular flexibility index (Phi) is 14.9. The van der Waals surface area contributed by atoms with Crippen molar-refractivity contribution in [1.29, 1.82) is 0 Å². The van der Waals surface area contributed by atoms with E-state index in [1.807, 2.05) is 0 Å². The van der Waals surface area contributed by atoms with Gasteiger partial charge in [0.1, 0.15) is 0 Å². The maximum Gasteiger partial charge on any atom is 0.0991 e. The van der Waals surface area contributed by atoms with E-state index in [1.54, 1.807) is 0 Å². The molecule has 23 heavy (non-hydrogen) atoms. The third-order valence-electron chi connectivity index (χ3n) is 4.81. The standard InChI is InChI=1S/C21H41NO/c1-2-3-4-5-6-7-8-9-10-11-12-13-14-15-16-17-18-22-19-20-23-21-22/h9-10H,2-8,11-21H2,1H3. The Morgan fingerprint density at radius 2 is 1.30 bits per heavy atom. The summed E-state index contributed by atoms with van der Waals surface area (Å²) in [7, 11) is 0. The van der Waals surface area contributed by atoms with Crippen molar-refractivity contribution in [2.24, 2.45) is 0 Å². The van der Waals surface area contributed by atoms with E-state index in [0.717, 1.165) is 19.9 Å². The molecule has 0 spiro atoms. The van der Waals surface area contributed by atoms with Crippen LogP contribution in [-0.2, 0) is 4.74 Å². The van der Waals surface area contributed by atoms with Gasteiger partial charge >= 0.3 is 0 Å². The third kappa shape index (κ3) is 13.8. The summed E-state index contributed by atoms with van der Waals surface area (Å²) >= 11 is 0. The molecule has 0 unspecified atom stereocenters. The SMILES string of the molecule is CCCCCCCCC=CCCCCCCCCN1CCOC1. The summed E-state index contributed by atoms with van der Waals surface area (Å²) in [6, 6.07) is 0. The van der Waals surface area contributed by atoms with E-state index in [-0.39, 0.29) is 0 Å². The number of rotatable bonds is 16. The Morgan fingerprint density at radius 3 is 1.87 bits per heavy atom. The highest BCUT2D eigenvalue weighted by atomic mass is 16.5. The van der Waals surface area contributed by atoms with E-state index >= 15 is 0 Å². The van der Waals surface area contributed by atoms with Crippen molar-refractivity contribution in [2.75, 3.05) is 26.4 Å². The molecule has 1 heterocycles. The zero-order valence-electron chi connectivity index (χ0n) is 15.7. The van der Waals surface area contributed by atoms with Gasteiger partial charge in [-0.15, -0.1) is 0 Å². The van der Waals surface area contributed by atoms with Crippen LogP contribution in [0, 0.1) is 0 Å². The van der Waals surface area contributed by atoms with Crippen LogP contribution in [0.1, 0.15) is 96.8 Å². The van der Waals surface area contributed by atoms with Crippen molar-refractivity contribution in [3.05, 3.63) is 12.2 Å². The highest BCUT2D eigenvalue weighted by Gasteiger charge is 2.10. The maximum atomic E-state index is 5.36. The highest BCUT2D eigenvalue weighted by Crippen LogP contribution is 2.10. The summed E-state index contributed by atoms with van der Waals surface area (Å²) in [5.74, 6) is 0. The van der Waals surface area contributed by atoms with Crippen LogP contribution in [0.15, 0.2) is 12.2 Å². The molecule has 0 radical (unpaired) electrons. The zero-order chi connectivity index (χ0) is 16.4. The van der Waals surface area contributed by atoms with Crippen molar-refractivity contribution in [2.45, 2.75) is 96.8 Å². The molecular weight excluding hydrogens is 282 g/mol. The average molecular weight is 324 g/mol. The Morgan fingerprint density at radius 1 is 0.739 bits per heavy atom. The lowest BCUT2D eigenvalue weighted by Gasteiger charge is -2.11. The van der Waals surface area contributed by atoms with Gasteiger partial charge in [-0.1, -0.05) is 76.9 Å². The van der Waals surface area contributed by atoms with Gasteiger partial charge in [-0.05, 0) is 32.1 Å². The van der Waals surface area contributed by atoms with Crippen LogP contribution in [-0.4, -0.2) is 31.3 Å². The molecule has 2 heteroatoms. The van der Waals surface area contributed by atoms with Crippen molar-refractivity contribution >= 4 is 0 Å². The molecule has 0 aromatic rings. The van der Waals surface area contributed by atoms with Gasteiger partial charge in [-0.3, -0.25) is 4.90 Å². The van der Waals surface area contributed by atoms with Gasteiger partial charge in [-0.25, -0.2) is 0 Å². The molecule has 0 N–H and O–H groups in total. The summed E-state index contributed by atoms with van der Waals surface area (Å²) in [6.07, 6.45) is 24.3. The molecule has 1 aliphatic heterocycles. The van der Waals surface area contributed by atoms with Gasteiger partial charge in [0.25, 0.3) is 0 Å². The third-order valence-corrected chi connectivity index (χ3v) is 4.81. The van der Waals surface area contributed by atoms with Crippen LogP contribution >= 0.6 is 0 Å². The molecule has 0 saturated carbocycles. The lowest BCUT2D eigenvalue weighted by Crippen LogP contribution is -2.20. The first kappa shape index (κ1) is 20.7. The monoisotopic (exact) mass is 323 g/mol. The normalized spacial score (nSPS) is 15.9. The van der Waals surface area contributed by atoms with E-state index in [9.17, 15) is 0 Å². The van der Waals surface area contributed by atoms with Gasteiger partial charge in [-0.2, -0.15) is 0 Å². The van der Waals surface area contributed by atoms with Crippen LogP contribution in [0.25, 0.3) is 0 Å². The molecule has 1 aliphatic rings. The van der Waals surface area contributed by atoms with Crippen LogP contribution in [0.5, 0.6) is 0 Å². The minimum Gasteiger partial charge on any atom is -0.365 e. The van der Waals surface area contributed by atoms with Crippen LogP contribution < -0.4 is 0 Å². The summed E-state index contributed by atoms with van der Waals surface area (Å²) in [5.41, 5.74) is 0. The first-order chi connectivity index (χ1) is 11.4. The fourth-order valence-corrected chi connectivity index (χ4v) is 3.21. The predicted molar refractivity (Wildman–Crippen MR) is 102 cm³/mol. The van der Waals surface area contributed by atoms with Gasteiger partial charge in [0.15, 0.2) is 0 Å². The Bertz CT molecular complexity index is 259. The van der Waals surface area contributed by atoms with Gasteiger partial charge in [0, 0.05) is 13.1 Å². The lowest BCUT2D eigenvalue weighted by atomic mass is 10.1. The number of nitrogens with zero attached hydrogens (tertiary/aromatic N) is 1. The predicted octanol–water partition coefficient (Wildman–Crippen LogP) is 6.31. The summed E-state index contributed by atoms with van der Waals surface area (Å²) in [6.45, 7) is 6.47. The highest BCUT2D eigenvalue weighted by molar-refractivity contribution is 4.81. The van der Waals surface area contributed by atoms with Gasteiger partial charge < -0.3 is 4.74 Å². The van der Waals surface area contributed by atoms with E-state index in [2.05, 4.69) is 24.0 Å². The molecule has 1 rings (SSSR count). The van der Waals surface area contributed by atoms with Crippen molar-refractivity contribution in [1.82, 2.24) is 4.90 Å². The van der Waals surface area contributed by atoms with Gasteiger partial charge in [0.2, 0.25) is 0 Å². The molecule has 0 bridgehead atoms. The lowest BCUT2D eigenvalue weighted by molar-refractivity contribution is 0.139. The van der Waals surface area contributed by atoms with Crippen molar-refractivity contribution in [3.8, 4) is 0 Å². The number of allylic oxidation sites excluding steroid dienone is 2. The summed E-state index contributed by atoms with van der Waals surface area (Å²) in [5, 5.41) is 0. The molecule has 1 saturated heterocycles. The minimum absolute atomic E-state index is 0.866. The second-order valence-electron chi connectivity index (χ2n) is 7.09. The molecule has 0 amide bonds. The smallest absolute Gasteiger partial charge is 0.0991 e. The van der Waals surface area contributed by atoms with E-state index < -0.39 is 0 Å². The van der Waals surface area contributed by atoms with Crippen molar-refractivity contribution < 1.29 is 4.74 Å². The number of ether oxygens (including phenoxy) is 1. The van der Waals surface area contributed by atoms with E-state index in [4.69, 9.17) is 4.74 Å². The average Bonchev–Trinajstić information content (AvgIpc) is 3.08. The number of hydrogen-bond donors (Lipinski definition) is 0. The molecular formula is C21H41NO. The Labute approximate surface area is 145 Å². The zero-order valence-corrected chi connectivity index (χ0v) is 15.7. The Hall–Kier alpha value is -0.340. The van der Waals surface area contributed by atoms with E-state index in [0.29, 0.717) is 0 Å². The topological polar surface area (TPSA) is 12.5 Å². The first-order valence-corrected chi connectivity index (χ1v) is 10.4. The van der Waals surface area contributed by atoms with E-state index in [1.165, 1.54) is 96.4 Å². The maximum absolute atomic E-state index is 5.36. The molecule has 0 aliphatic carbocycles. The summed E-state index contributed by atoms with van der Waals surface area (Å²) < 4.78 is 5.36.